The first-order chi connectivity index (χ1) is 14.5. The van der Waals surface area contributed by atoms with Crippen LogP contribution in [0, 0.1) is 0 Å². The SMILES string of the molecule is COCc1cccc(C(=O)Nc2ccc(OC(F)F)c(-c3ccc(OC)cc3)c2)c1. The van der Waals surface area contributed by atoms with E-state index >= 15 is 0 Å². The van der Waals surface area contributed by atoms with Crippen LogP contribution in [0.3, 0.4) is 0 Å². The highest BCUT2D eigenvalue weighted by Crippen LogP contribution is 2.34. The van der Waals surface area contributed by atoms with Gasteiger partial charge in [0.25, 0.3) is 5.91 Å². The number of alkyl halides is 2. The van der Waals surface area contributed by atoms with Crippen molar-refractivity contribution in [1.29, 1.82) is 0 Å². The van der Waals surface area contributed by atoms with E-state index < -0.39 is 6.61 Å². The Kier molecular flexibility index (Phi) is 6.98. The molecule has 1 amide bonds. The second-order valence-electron chi connectivity index (χ2n) is 6.41. The summed E-state index contributed by atoms with van der Waals surface area (Å²) in [7, 11) is 3.12. The zero-order valence-electron chi connectivity index (χ0n) is 16.5. The first-order valence-corrected chi connectivity index (χ1v) is 9.12. The Bertz CT molecular complexity index is 1010. The van der Waals surface area contributed by atoms with Gasteiger partial charge in [-0.15, -0.1) is 0 Å². The van der Waals surface area contributed by atoms with Gasteiger partial charge in [0.05, 0.1) is 13.7 Å². The first-order valence-electron chi connectivity index (χ1n) is 9.12. The lowest BCUT2D eigenvalue weighted by Crippen LogP contribution is -2.12. The monoisotopic (exact) mass is 413 g/mol. The Labute approximate surface area is 173 Å². The molecule has 0 spiro atoms. The van der Waals surface area contributed by atoms with Gasteiger partial charge in [0.15, 0.2) is 0 Å². The van der Waals surface area contributed by atoms with Crippen LogP contribution in [-0.4, -0.2) is 26.7 Å². The van der Waals surface area contributed by atoms with Crippen molar-refractivity contribution < 1.29 is 27.8 Å². The minimum atomic E-state index is -2.97. The average Bonchev–Trinajstić information content (AvgIpc) is 2.75. The molecule has 0 aliphatic rings. The number of hydrogen-bond acceptors (Lipinski definition) is 4. The van der Waals surface area contributed by atoms with Crippen molar-refractivity contribution in [1.82, 2.24) is 0 Å². The van der Waals surface area contributed by atoms with Crippen molar-refractivity contribution in [2.75, 3.05) is 19.5 Å². The molecule has 0 saturated carbocycles. The van der Waals surface area contributed by atoms with Gasteiger partial charge in [0, 0.05) is 23.9 Å². The summed E-state index contributed by atoms with van der Waals surface area (Å²) in [4.78, 5) is 12.6. The highest BCUT2D eigenvalue weighted by atomic mass is 19.3. The molecule has 0 unspecified atom stereocenters. The summed E-state index contributed by atoms with van der Waals surface area (Å²) in [5, 5.41) is 2.79. The second-order valence-corrected chi connectivity index (χ2v) is 6.41. The maximum absolute atomic E-state index is 12.8. The maximum atomic E-state index is 12.8. The molecule has 3 rings (SSSR count). The fourth-order valence-corrected chi connectivity index (χ4v) is 2.97. The largest absolute Gasteiger partial charge is 0.497 e. The molecule has 30 heavy (non-hydrogen) atoms. The van der Waals surface area contributed by atoms with E-state index in [1.54, 1.807) is 55.6 Å². The molecular weight excluding hydrogens is 392 g/mol. The van der Waals surface area contributed by atoms with Crippen LogP contribution in [0.2, 0.25) is 0 Å². The van der Waals surface area contributed by atoms with E-state index in [1.807, 2.05) is 6.07 Å². The molecule has 0 bridgehead atoms. The van der Waals surface area contributed by atoms with Gasteiger partial charge in [-0.3, -0.25) is 4.79 Å². The van der Waals surface area contributed by atoms with E-state index in [-0.39, 0.29) is 11.7 Å². The molecule has 156 valence electrons. The van der Waals surface area contributed by atoms with E-state index in [2.05, 4.69) is 10.1 Å². The second kappa shape index (κ2) is 9.84. The van der Waals surface area contributed by atoms with Crippen molar-refractivity contribution in [3.63, 3.8) is 0 Å². The quantitative estimate of drug-likeness (QED) is 0.540. The summed E-state index contributed by atoms with van der Waals surface area (Å²) in [5.74, 6) is 0.321. The van der Waals surface area contributed by atoms with Gasteiger partial charge < -0.3 is 19.5 Å². The molecule has 3 aromatic rings. The van der Waals surface area contributed by atoms with E-state index in [4.69, 9.17) is 9.47 Å². The minimum Gasteiger partial charge on any atom is -0.497 e. The molecule has 0 saturated heterocycles. The zero-order chi connectivity index (χ0) is 21.5. The van der Waals surface area contributed by atoms with E-state index in [0.29, 0.717) is 34.7 Å². The molecule has 0 aromatic heterocycles. The number of benzene rings is 3. The third-order valence-corrected chi connectivity index (χ3v) is 4.35. The van der Waals surface area contributed by atoms with Crippen LogP contribution in [0.5, 0.6) is 11.5 Å². The third-order valence-electron chi connectivity index (χ3n) is 4.35. The number of nitrogens with one attached hydrogen (secondary N) is 1. The van der Waals surface area contributed by atoms with Gasteiger partial charge in [0.2, 0.25) is 0 Å². The fraction of sp³-hybridized carbons (Fsp3) is 0.174. The highest BCUT2D eigenvalue weighted by Gasteiger charge is 2.14. The molecule has 7 heteroatoms. The Hall–Kier alpha value is -3.45. The Morgan fingerprint density at radius 3 is 2.43 bits per heavy atom. The predicted molar refractivity (Wildman–Crippen MR) is 110 cm³/mol. The summed E-state index contributed by atoms with van der Waals surface area (Å²) in [5.41, 5.74) is 2.84. The summed E-state index contributed by atoms with van der Waals surface area (Å²) in [6, 6.07) is 18.5. The van der Waals surface area contributed by atoms with Crippen LogP contribution in [0.1, 0.15) is 15.9 Å². The topological polar surface area (TPSA) is 56.8 Å². The molecule has 0 radical (unpaired) electrons. The van der Waals surface area contributed by atoms with Gasteiger partial charge in [0.1, 0.15) is 11.5 Å². The average molecular weight is 413 g/mol. The van der Waals surface area contributed by atoms with Crippen LogP contribution in [-0.2, 0) is 11.3 Å². The molecular formula is C23H21F2NO4. The summed E-state index contributed by atoms with van der Waals surface area (Å²) in [6.45, 7) is -2.58. The number of ether oxygens (including phenoxy) is 3. The number of amides is 1. The maximum Gasteiger partial charge on any atom is 0.387 e. The number of hydrogen-bond donors (Lipinski definition) is 1. The van der Waals surface area contributed by atoms with Crippen LogP contribution in [0.4, 0.5) is 14.5 Å². The molecule has 5 nitrogen and oxygen atoms in total. The first kappa shape index (κ1) is 21.3. The van der Waals surface area contributed by atoms with Gasteiger partial charge in [-0.05, 0) is 53.6 Å². The number of carbonyl (C=O) groups excluding carboxylic acids is 1. The molecule has 3 aromatic carbocycles. The fourth-order valence-electron chi connectivity index (χ4n) is 2.97. The van der Waals surface area contributed by atoms with Gasteiger partial charge in [-0.2, -0.15) is 8.78 Å². The predicted octanol–water partition coefficient (Wildman–Crippen LogP) is 5.36. The normalized spacial score (nSPS) is 10.7. The minimum absolute atomic E-state index is 0.00950. The summed E-state index contributed by atoms with van der Waals surface area (Å²) >= 11 is 0. The van der Waals surface area contributed by atoms with Crippen LogP contribution >= 0.6 is 0 Å². The van der Waals surface area contributed by atoms with E-state index in [9.17, 15) is 13.6 Å². The third kappa shape index (κ3) is 5.33. The number of carbonyl (C=O) groups is 1. The van der Waals surface area contributed by atoms with Gasteiger partial charge in [-0.1, -0.05) is 24.3 Å². The number of methoxy groups -OCH3 is 2. The van der Waals surface area contributed by atoms with Gasteiger partial charge in [-0.25, -0.2) is 0 Å². The van der Waals surface area contributed by atoms with Crippen molar-refractivity contribution in [3.8, 4) is 22.6 Å². The smallest absolute Gasteiger partial charge is 0.387 e. The van der Waals surface area contributed by atoms with Crippen molar-refractivity contribution in [3.05, 3.63) is 77.9 Å². The lowest BCUT2D eigenvalue weighted by Gasteiger charge is -2.14. The summed E-state index contributed by atoms with van der Waals surface area (Å²) in [6.07, 6.45) is 0. The molecule has 0 heterocycles. The van der Waals surface area contributed by atoms with E-state index in [0.717, 1.165) is 5.56 Å². The Morgan fingerprint density at radius 1 is 1.00 bits per heavy atom. The van der Waals surface area contributed by atoms with E-state index in [1.165, 1.54) is 19.2 Å². The summed E-state index contributed by atoms with van der Waals surface area (Å²) < 4.78 is 40.6. The standard InChI is InChI=1S/C23H21F2NO4/c1-28-14-15-4-3-5-17(12-15)22(27)26-18-8-11-21(30-23(24)25)20(13-18)16-6-9-19(29-2)10-7-16/h3-13,23H,14H2,1-2H3,(H,26,27). The van der Waals surface area contributed by atoms with Gasteiger partial charge >= 0.3 is 6.61 Å². The zero-order valence-corrected chi connectivity index (χ0v) is 16.5. The van der Waals surface area contributed by atoms with Crippen LogP contribution < -0.4 is 14.8 Å². The van der Waals surface area contributed by atoms with Crippen molar-refractivity contribution in [2.24, 2.45) is 0 Å². The van der Waals surface area contributed by atoms with Crippen LogP contribution in [0.25, 0.3) is 11.1 Å². The highest BCUT2D eigenvalue weighted by molar-refractivity contribution is 6.04. The Morgan fingerprint density at radius 2 is 1.77 bits per heavy atom. The van der Waals surface area contributed by atoms with Crippen molar-refractivity contribution >= 4 is 11.6 Å². The lowest BCUT2D eigenvalue weighted by molar-refractivity contribution is -0.0494. The molecule has 1 N–H and O–H groups in total. The number of rotatable bonds is 8. The van der Waals surface area contributed by atoms with Crippen LogP contribution in [0.15, 0.2) is 66.7 Å². The molecule has 0 fully saturated rings. The molecule has 0 aliphatic heterocycles. The Balaban J connectivity index is 1.89. The number of anilines is 1. The van der Waals surface area contributed by atoms with Crippen molar-refractivity contribution in [2.45, 2.75) is 13.2 Å². The molecule has 0 aliphatic carbocycles. The molecule has 0 atom stereocenters. The number of halogens is 2. The lowest BCUT2D eigenvalue weighted by atomic mass is 10.0.